The summed E-state index contributed by atoms with van der Waals surface area (Å²) in [5, 5.41) is 8.75. The van der Waals surface area contributed by atoms with Gasteiger partial charge in [0.1, 0.15) is 0 Å². The van der Waals surface area contributed by atoms with Crippen molar-refractivity contribution in [1.82, 2.24) is 4.90 Å². The second-order valence-electron chi connectivity index (χ2n) is 5.15. The van der Waals surface area contributed by atoms with Crippen LogP contribution in [0, 0.1) is 5.92 Å². The Labute approximate surface area is 109 Å². The maximum absolute atomic E-state index is 12.4. The monoisotopic (exact) mass is 255 g/mol. The van der Waals surface area contributed by atoms with Gasteiger partial charge in [0.15, 0.2) is 0 Å². The highest BCUT2D eigenvalue weighted by Gasteiger charge is 2.34. The molecule has 0 spiro atoms. The molecule has 1 fully saturated rings. The van der Waals surface area contributed by atoms with Crippen LogP contribution in [0.4, 0.5) is 0 Å². The smallest absolute Gasteiger partial charge is 0.305 e. The van der Waals surface area contributed by atoms with E-state index < -0.39 is 5.97 Å². The van der Waals surface area contributed by atoms with Crippen molar-refractivity contribution in [2.45, 2.75) is 64.8 Å². The van der Waals surface area contributed by atoms with Crippen LogP contribution in [0.25, 0.3) is 0 Å². The highest BCUT2D eigenvalue weighted by atomic mass is 16.4. The highest BCUT2D eigenvalue weighted by Crippen LogP contribution is 2.29. The molecule has 1 aliphatic rings. The largest absolute Gasteiger partial charge is 0.481 e. The van der Waals surface area contributed by atoms with E-state index in [1.165, 1.54) is 0 Å². The maximum atomic E-state index is 12.4. The lowest BCUT2D eigenvalue weighted by Gasteiger charge is -2.26. The summed E-state index contributed by atoms with van der Waals surface area (Å²) in [6.45, 7) is 4.54. The van der Waals surface area contributed by atoms with Crippen molar-refractivity contribution in [1.29, 1.82) is 0 Å². The zero-order valence-electron chi connectivity index (χ0n) is 11.5. The molecule has 4 nitrogen and oxygen atoms in total. The van der Waals surface area contributed by atoms with Gasteiger partial charge in [-0.15, -0.1) is 0 Å². The van der Waals surface area contributed by atoms with E-state index in [0.29, 0.717) is 12.6 Å². The minimum atomic E-state index is -0.824. The number of carboxylic acids is 1. The average Bonchev–Trinajstić information content (AvgIpc) is 3.14. The molecule has 1 unspecified atom stereocenters. The zero-order valence-corrected chi connectivity index (χ0v) is 11.5. The standard InChI is InChI=1S/C14H25NO3/c1-3-5-6-11(4-2)14(18)15(12-7-8-12)10-9-13(16)17/h11-12H,3-10H2,1-2H3,(H,16,17). The third-order valence-electron chi connectivity index (χ3n) is 3.59. The minimum Gasteiger partial charge on any atom is -0.481 e. The third-order valence-corrected chi connectivity index (χ3v) is 3.59. The van der Waals surface area contributed by atoms with Crippen molar-refractivity contribution in [2.24, 2.45) is 5.92 Å². The lowest BCUT2D eigenvalue weighted by molar-refractivity contribution is -0.140. The molecule has 1 N–H and O–H groups in total. The Balaban J connectivity index is 2.53. The highest BCUT2D eigenvalue weighted by molar-refractivity contribution is 5.80. The molecule has 0 aromatic heterocycles. The molecule has 18 heavy (non-hydrogen) atoms. The van der Waals surface area contributed by atoms with Crippen molar-refractivity contribution in [3.8, 4) is 0 Å². The first-order chi connectivity index (χ1) is 8.60. The average molecular weight is 255 g/mol. The first-order valence-electron chi connectivity index (χ1n) is 7.12. The number of carbonyl (C=O) groups is 2. The van der Waals surface area contributed by atoms with Crippen molar-refractivity contribution in [2.75, 3.05) is 6.54 Å². The molecule has 1 aliphatic carbocycles. The van der Waals surface area contributed by atoms with E-state index in [0.717, 1.165) is 38.5 Å². The normalized spacial score (nSPS) is 16.3. The summed E-state index contributed by atoms with van der Waals surface area (Å²) >= 11 is 0. The quantitative estimate of drug-likeness (QED) is 0.689. The van der Waals surface area contributed by atoms with Gasteiger partial charge in [-0.2, -0.15) is 0 Å². The van der Waals surface area contributed by atoms with Crippen molar-refractivity contribution < 1.29 is 14.7 Å². The van der Waals surface area contributed by atoms with E-state index in [-0.39, 0.29) is 18.2 Å². The van der Waals surface area contributed by atoms with Gasteiger partial charge in [0.25, 0.3) is 0 Å². The third kappa shape index (κ3) is 4.67. The number of amides is 1. The fourth-order valence-electron chi connectivity index (χ4n) is 2.26. The van der Waals surface area contributed by atoms with Gasteiger partial charge in [0, 0.05) is 18.5 Å². The molecule has 1 atom stereocenters. The molecular formula is C14H25NO3. The lowest BCUT2D eigenvalue weighted by Crippen LogP contribution is -2.39. The minimum absolute atomic E-state index is 0.0620. The van der Waals surface area contributed by atoms with Crippen LogP contribution < -0.4 is 0 Å². The topological polar surface area (TPSA) is 57.6 Å². The lowest BCUT2D eigenvalue weighted by atomic mass is 9.97. The van der Waals surface area contributed by atoms with Gasteiger partial charge in [-0.25, -0.2) is 0 Å². The number of hydrogen-bond donors (Lipinski definition) is 1. The predicted molar refractivity (Wildman–Crippen MR) is 70.3 cm³/mol. The zero-order chi connectivity index (χ0) is 13.5. The molecule has 1 rings (SSSR count). The Hall–Kier alpha value is -1.06. The summed E-state index contributed by atoms with van der Waals surface area (Å²) in [5.41, 5.74) is 0. The molecule has 0 aromatic carbocycles. The van der Waals surface area contributed by atoms with Crippen LogP contribution in [0.3, 0.4) is 0 Å². The van der Waals surface area contributed by atoms with Crippen LogP contribution in [0.2, 0.25) is 0 Å². The summed E-state index contributed by atoms with van der Waals surface area (Å²) in [4.78, 5) is 24.9. The Morgan fingerprint density at radius 1 is 1.33 bits per heavy atom. The molecule has 0 aliphatic heterocycles. The SMILES string of the molecule is CCCCC(CC)C(=O)N(CCC(=O)O)C1CC1. The summed E-state index contributed by atoms with van der Waals surface area (Å²) in [5.74, 6) is -0.566. The molecule has 0 heterocycles. The van der Waals surface area contributed by atoms with Gasteiger partial charge in [-0.3, -0.25) is 9.59 Å². The maximum Gasteiger partial charge on any atom is 0.305 e. The van der Waals surface area contributed by atoms with Gasteiger partial charge in [0.05, 0.1) is 6.42 Å². The first-order valence-corrected chi connectivity index (χ1v) is 7.12. The predicted octanol–water partition coefficient (Wildman–Crippen LogP) is 2.67. The fraction of sp³-hybridized carbons (Fsp3) is 0.857. The number of unbranched alkanes of at least 4 members (excludes halogenated alkanes) is 1. The Morgan fingerprint density at radius 3 is 2.44 bits per heavy atom. The van der Waals surface area contributed by atoms with Crippen molar-refractivity contribution >= 4 is 11.9 Å². The molecule has 0 bridgehead atoms. The number of carbonyl (C=O) groups excluding carboxylic acids is 1. The molecule has 0 aromatic rings. The van der Waals surface area contributed by atoms with Crippen LogP contribution in [-0.4, -0.2) is 34.5 Å². The van der Waals surface area contributed by atoms with Crippen molar-refractivity contribution in [3.05, 3.63) is 0 Å². The van der Waals surface area contributed by atoms with Crippen LogP contribution in [0.1, 0.15) is 58.8 Å². The first kappa shape index (κ1) is 15.0. The van der Waals surface area contributed by atoms with E-state index in [4.69, 9.17) is 5.11 Å². The second-order valence-corrected chi connectivity index (χ2v) is 5.15. The van der Waals surface area contributed by atoms with Crippen LogP contribution in [-0.2, 0) is 9.59 Å². The Morgan fingerprint density at radius 2 is 2.00 bits per heavy atom. The van der Waals surface area contributed by atoms with Gasteiger partial charge in [-0.05, 0) is 25.7 Å². The summed E-state index contributed by atoms with van der Waals surface area (Å²) in [6.07, 6.45) is 6.10. The van der Waals surface area contributed by atoms with E-state index in [1.54, 1.807) is 0 Å². The van der Waals surface area contributed by atoms with Crippen molar-refractivity contribution in [3.63, 3.8) is 0 Å². The van der Waals surface area contributed by atoms with Gasteiger partial charge < -0.3 is 10.0 Å². The number of aliphatic carboxylic acids is 1. The summed E-state index contributed by atoms with van der Waals surface area (Å²) in [6, 6.07) is 0.313. The molecule has 104 valence electrons. The number of rotatable bonds is 9. The van der Waals surface area contributed by atoms with Gasteiger partial charge in [-0.1, -0.05) is 26.7 Å². The van der Waals surface area contributed by atoms with Gasteiger partial charge in [0.2, 0.25) is 5.91 Å². The second kappa shape index (κ2) is 7.39. The Kier molecular flexibility index (Phi) is 6.16. The molecular weight excluding hydrogens is 230 g/mol. The number of nitrogens with zero attached hydrogens (tertiary/aromatic N) is 1. The van der Waals surface area contributed by atoms with E-state index >= 15 is 0 Å². The van der Waals surface area contributed by atoms with E-state index in [2.05, 4.69) is 6.92 Å². The summed E-state index contributed by atoms with van der Waals surface area (Å²) < 4.78 is 0. The summed E-state index contributed by atoms with van der Waals surface area (Å²) in [7, 11) is 0. The molecule has 0 radical (unpaired) electrons. The molecule has 4 heteroatoms. The van der Waals surface area contributed by atoms with Gasteiger partial charge >= 0.3 is 5.97 Å². The van der Waals surface area contributed by atoms with E-state index in [9.17, 15) is 9.59 Å². The number of hydrogen-bond acceptors (Lipinski definition) is 2. The van der Waals surface area contributed by atoms with Crippen LogP contribution in [0.5, 0.6) is 0 Å². The molecule has 0 saturated heterocycles. The fourth-order valence-corrected chi connectivity index (χ4v) is 2.26. The molecule has 1 amide bonds. The number of carboxylic acid groups (broad SMARTS) is 1. The van der Waals surface area contributed by atoms with Crippen LogP contribution in [0.15, 0.2) is 0 Å². The molecule has 1 saturated carbocycles. The van der Waals surface area contributed by atoms with Crippen LogP contribution >= 0.6 is 0 Å². The Bertz CT molecular complexity index is 287. The van der Waals surface area contributed by atoms with E-state index in [1.807, 2.05) is 11.8 Å².